The van der Waals surface area contributed by atoms with Crippen LogP contribution in [0.2, 0.25) is 0 Å². The molecule has 0 unspecified atom stereocenters. The minimum Gasteiger partial charge on any atom is -0.507 e. The molecule has 62 heavy (non-hydrogen) atoms. The first-order chi connectivity index (χ1) is 30.2. The molecule has 7 rings (SSSR count). The third kappa shape index (κ3) is 10.3. The quantitative estimate of drug-likeness (QED) is 0.0513. The number of phenols is 2. The minimum absolute atomic E-state index is 0.0221. The number of nitrogens with one attached hydrogen (secondary N) is 2. The highest BCUT2D eigenvalue weighted by Gasteiger charge is 2.25. The molecule has 322 valence electrons. The van der Waals surface area contributed by atoms with Crippen LogP contribution < -0.4 is 24.8 Å². The summed E-state index contributed by atoms with van der Waals surface area (Å²) >= 11 is 0. The molecule has 0 heterocycles. The molecule has 5 aromatic rings. The number of Topliss-reactive ketones (excluding diaryl/α,β-unsaturated/α-hetero) is 1. The number of ketones is 1. The van der Waals surface area contributed by atoms with E-state index in [0.717, 1.165) is 63.1 Å². The SMILES string of the molecule is CCCOc1c2cccc1Cc1cc(NC(=O)NCCOC)cc(c1O)Cc1cccc(c1OCCC)Cc1cc(/C=C3/CC/C(=C\c4ccc(OC)cc4)C3=O)cc(c1O)C2. The molecule has 0 aromatic heterocycles. The van der Waals surface area contributed by atoms with E-state index in [1.165, 1.54) is 0 Å². The van der Waals surface area contributed by atoms with Crippen LogP contribution in [0.25, 0.3) is 12.2 Å². The lowest BCUT2D eigenvalue weighted by atomic mass is 9.90. The lowest BCUT2D eigenvalue weighted by Gasteiger charge is -2.21. The number of ether oxygens (including phenoxy) is 4. The molecular formula is C52H56N2O8. The Morgan fingerprint density at radius 3 is 1.55 bits per heavy atom. The van der Waals surface area contributed by atoms with Crippen molar-refractivity contribution in [3.05, 3.63) is 152 Å². The van der Waals surface area contributed by atoms with E-state index in [1.807, 2.05) is 84.9 Å². The predicted octanol–water partition coefficient (Wildman–Crippen LogP) is 9.96. The van der Waals surface area contributed by atoms with Crippen LogP contribution in [0.5, 0.6) is 28.7 Å². The van der Waals surface area contributed by atoms with Crippen LogP contribution >= 0.6 is 0 Å². The van der Waals surface area contributed by atoms with E-state index in [0.29, 0.717) is 104 Å². The standard InChI is InChI=1S/C52H56N2O8/c1-5-20-61-50-37-9-7-11-39(50)29-43-31-45(54-52(58)53-19-22-59-3)32-44(49(43)57)30-40-12-8-10-38(51(40)62-21-6-2)28-42-26-34(25-41(27-37)48(42)56)24-36-16-15-35(47(36)55)23-33-13-17-46(60-4)18-14-33/h7-14,17-18,23-26,31-32,56-57H,5-6,15-16,19-22,27-30H2,1-4H3,(H2,53,54,58)/b35-23+,36-24-. The molecule has 5 aromatic carbocycles. The molecule has 0 radical (unpaired) electrons. The van der Waals surface area contributed by atoms with Gasteiger partial charge in [0.05, 0.1) is 26.9 Å². The van der Waals surface area contributed by atoms with Gasteiger partial charge in [-0.3, -0.25) is 4.79 Å². The molecule has 0 atom stereocenters. The number of para-hydroxylation sites is 2. The molecule has 0 saturated heterocycles. The summed E-state index contributed by atoms with van der Waals surface area (Å²) in [6, 6.07) is 26.8. The molecule has 10 heteroatoms. The van der Waals surface area contributed by atoms with Gasteiger partial charge in [0.15, 0.2) is 5.78 Å². The summed E-state index contributed by atoms with van der Waals surface area (Å²) < 4.78 is 23.4. The average Bonchev–Trinajstić information content (AvgIpc) is 3.60. The van der Waals surface area contributed by atoms with Crippen molar-refractivity contribution in [3.63, 3.8) is 0 Å². The minimum atomic E-state index is -0.381. The molecule has 8 bridgehead atoms. The van der Waals surface area contributed by atoms with Crippen molar-refractivity contribution in [1.29, 1.82) is 0 Å². The van der Waals surface area contributed by atoms with Crippen molar-refractivity contribution >= 4 is 29.7 Å². The van der Waals surface area contributed by atoms with Gasteiger partial charge in [0, 0.05) is 67.3 Å². The molecule has 10 nitrogen and oxygen atoms in total. The van der Waals surface area contributed by atoms with Crippen LogP contribution in [-0.2, 0) is 35.2 Å². The Balaban J connectivity index is 1.35. The highest BCUT2D eigenvalue weighted by molar-refractivity contribution is 6.15. The second-order valence-corrected chi connectivity index (χ2v) is 15.9. The summed E-state index contributed by atoms with van der Waals surface area (Å²) in [7, 11) is 3.21. The zero-order valence-corrected chi connectivity index (χ0v) is 36.1. The van der Waals surface area contributed by atoms with Crippen molar-refractivity contribution < 1.29 is 38.7 Å². The predicted molar refractivity (Wildman–Crippen MR) is 244 cm³/mol. The van der Waals surface area contributed by atoms with Crippen molar-refractivity contribution in [1.82, 2.24) is 5.32 Å². The number of amides is 2. The summed E-state index contributed by atoms with van der Waals surface area (Å²) in [5, 5.41) is 30.0. The summed E-state index contributed by atoms with van der Waals surface area (Å²) in [4.78, 5) is 26.8. The number of aromatic hydroxyl groups is 2. The highest BCUT2D eigenvalue weighted by atomic mass is 16.5. The normalized spacial score (nSPS) is 14.8. The number of hydrogen-bond donors (Lipinski definition) is 4. The number of rotatable bonds is 13. The zero-order chi connectivity index (χ0) is 43.6. The van der Waals surface area contributed by atoms with Gasteiger partial charge >= 0.3 is 6.03 Å². The van der Waals surface area contributed by atoms with Gasteiger partial charge in [-0.2, -0.15) is 0 Å². The maximum atomic E-state index is 13.9. The van der Waals surface area contributed by atoms with Crippen LogP contribution in [0.1, 0.15) is 95.2 Å². The van der Waals surface area contributed by atoms with Gasteiger partial charge in [0.25, 0.3) is 0 Å². The number of hydrogen-bond acceptors (Lipinski definition) is 8. The molecule has 4 N–H and O–H groups in total. The van der Waals surface area contributed by atoms with E-state index in [4.69, 9.17) is 18.9 Å². The summed E-state index contributed by atoms with van der Waals surface area (Å²) in [5.41, 5.74) is 9.86. The zero-order valence-electron chi connectivity index (χ0n) is 36.1. The largest absolute Gasteiger partial charge is 0.507 e. The summed E-state index contributed by atoms with van der Waals surface area (Å²) in [6.07, 6.45) is 8.05. The number of fused-ring (bicyclic) bond motifs is 8. The number of benzene rings is 5. The Morgan fingerprint density at radius 1 is 0.629 bits per heavy atom. The molecule has 2 amide bonds. The fraction of sp³-hybridized carbons (Fsp3) is 0.308. The Bertz CT molecular complexity index is 2380. The Hall–Kier alpha value is -6.52. The smallest absolute Gasteiger partial charge is 0.319 e. The first kappa shape index (κ1) is 43.6. The second kappa shape index (κ2) is 20.4. The number of carbonyl (C=O) groups excluding carboxylic acids is 2. The lowest BCUT2D eigenvalue weighted by Crippen LogP contribution is -2.31. The van der Waals surface area contributed by atoms with Crippen LogP contribution in [0.4, 0.5) is 10.5 Å². The number of allylic oxidation sites excluding steroid dienone is 2. The van der Waals surface area contributed by atoms with Crippen molar-refractivity contribution in [3.8, 4) is 28.7 Å². The lowest BCUT2D eigenvalue weighted by molar-refractivity contribution is -0.111. The van der Waals surface area contributed by atoms with Crippen molar-refractivity contribution in [2.45, 2.75) is 65.2 Å². The highest BCUT2D eigenvalue weighted by Crippen LogP contribution is 2.40. The molecule has 1 saturated carbocycles. The maximum Gasteiger partial charge on any atom is 0.319 e. The van der Waals surface area contributed by atoms with Crippen LogP contribution in [0, 0.1) is 0 Å². The van der Waals surface area contributed by atoms with Gasteiger partial charge in [-0.1, -0.05) is 62.4 Å². The van der Waals surface area contributed by atoms with Crippen molar-refractivity contribution in [2.75, 3.05) is 45.9 Å². The van der Waals surface area contributed by atoms with Crippen LogP contribution in [0.15, 0.2) is 96.1 Å². The Morgan fingerprint density at radius 2 is 1.10 bits per heavy atom. The molecule has 0 aliphatic heterocycles. The molecule has 0 spiro atoms. The van der Waals surface area contributed by atoms with E-state index in [-0.39, 0.29) is 23.3 Å². The van der Waals surface area contributed by atoms with E-state index in [1.54, 1.807) is 26.4 Å². The molecule has 2 aliphatic carbocycles. The fourth-order valence-electron chi connectivity index (χ4n) is 8.20. The third-order valence-corrected chi connectivity index (χ3v) is 11.2. The van der Waals surface area contributed by atoms with E-state index < -0.39 is 0 Å². The van der Waals surface area contributed by atoms with Crippen molar-refractivity contribution in [2.24, 2.45) is 0 Å². The third-order valence-electron chi connectivity index (χ3n) is 11.2. The molecule has 1 fully saturated rings. The van der Waals surface area contributed by atoms with E-state index in [2.05, 4.69) is 24.5 Å². The first-order valence-corrected chi connectivity index (χ1v) is 21.5. The Labute approximate surface area is 364 Å². The number of carbonyl (C=O) groups is 2. The topological polar surface area (TPSA) is 136 Å². The second-order valence-electron chi connectivity index (χ2n) is 15.9. The molecular weight excluding hydrogens is 781 g/mol. The maximum absolute atomic E-state index is 13.9. The van der Waals surface area contributed by atoms with Gasteiger partial charge in [-0.15, -0.1) is 0 Å². The van der Waals surface area contributed by atoms with Gasteiger partial charge in [0.1, 0.15) is 28.7 Å². The fourth-order valence-corrected chi connectivity index (χ4v) is 8.20. The first-order valence-electron chi connectivity index (χ1n) is 21.5. The van der Waals surface area contributed by atoms with Gasteiger partial charge < -0.3 is 39.8 Å². The number of anilines is 1. The van der Waals surface area contributed by atoms with E-state index in [9.17, 15) is 19.8 Å². The number of methoxy groups -OCH3 is 2. The van der Waals surface area contributed by atoms with E-state index >= 15 is 0 Å². The average molecular weight is 837 g/mol. The summed E-state index contributed by atoms with van der Waals surface area (Å²) in [5.74, 6) is 2.46. The van der Waals surface area contributed by atoms with Crippen LogP contribution in [0.3, 0.4) is 0 Å². The Kier molecular flexibility index (Phi) is 14.3. The monoisotopic (exact) mass is 836 g/mol. The number of phenolic OH excluding ortho intramolecular Hbond substituents is 2. The van der Waals surface area contributed by atoms with Gasteiger partial charge in [-0.25, -0.2) is 4.79 Å². The number of urea groups is 1. The van der Waals surface area contributed by atoms with Gasteiger partial charge in [-0.05, 0) is 119 Å². The molecule has 2 aliphatic rings. The summed E-state index contributed by atoms with van der Waals surface area (Å²) in [6.45, 7) is 5.76. The van der Waals surface area contributed by atoms with Gasteiger partial charge in [0.2, 0.25) is 0 Å². The van der Waals surface area contributed by atoms with Crippen LogP contribution in [-0.4, -0.2) is 62.6 Å².